The number of hydrogen-bond donors (Lipinski definition) is 3. The molecule has 39 heavy (non-hydrogen) atoms. The van der Waals surface area contributed by atoms with Gasteiger partial charge >= 0.3 is 0 Å². The first kappa shape index (κ1) is 31.3. The molecule has 0 spiro atoms. The van der Waals surface area contributed by atoms with Crippen LogP contribution in [0.4, 0.5) is 10.9 Å². The van der Waals surface area contributed by atoms with Crippen molar-refractivity contribution in [3.63, 3.8) is 0 Å². The Bertz CT molecular complexity index is 1210. The van der Waals surface area contributed by atoms with Gasteiger partial charge in [0.05, 0.1) is 23.8 Å². The molecule has 3 aromatic rings. The molecule has 2 aliphatic heterocycles. The van der Waals surface area contributed by atoms with Crippen molar-refractivity contribution in [1.29, 1.82) is 0 Å². The zero-order valence-corrected chi connectivity index (χ0v) is 25.0. The van der Waals surface area contributed by atoms with Gasteiger partial charge in [-0.2, -0.15) is 0 Å². The van der Waals surface area contributed by atoms with Crippen molar-refractivity contribution in [2.45, 2.75) is 29.9 Å². The average molecular weight is 614 g/mol. The number of hydrazine groups is 1. The van der Waals surface area contributed by atoms with Crippen LogP contribution in [0.2, 0.25) is 0 Å². The van der Waals surface area contributed by atoms with Crippen LogP contribution in [0.15, 0.2) is 64.8 Å². The second-order valence-electron chi connectivity index (χ2n) is 9.13. The van der Waals surface area contributed by atoms with Crippen LogP contribution in [0.3, 0.4) is 0 Å². The van der Waals surface area contributed by atoms with Gasteiger partial charge in [-0.3, -0.25) is 5.01 Å². The molecule has 0 radical (unpaired) electrons. The number of thioether (sulfide) groups is 1. The highest BCUT2D eigenvalue weighted by Crippen LogP contribution is 2.41. The zero-order chi connectivity index (χ0) is 25.6. The number of pyridine rings is 1. The predicted octanol–water partition coefficient (Wildman–Crippen LogP) is 5.61. The van der Waals surface area contributed by atoms with E-state index in [0.717, 1.165) is 59.7 Å². The quantitative estimate of drug-likeness (QED) is 0.251. The maximum absolute atomic E-state index is 9.32. The summed E-state index contributed by atoms with van der Waals surface area (Å²) in [6.45, 7) is 4.83. The minimum Gasteiger partial charge on any atom is -0.453 e. The highest BCUT2D eigenvalue weighted by atomic mass is 35.5. The van der Waals surface area contributed by atoms with Crippen LogP contribution >= 0.6 is 47.9 Å². The number of aliphatic hydroxyl groups is 1. The molecule has 1 fully saturated rings. The number of nitrogens with one attached hydrogen (secondary N) is 2. The number of β-amino-alcohol motifs (C(OH)–C–C–N with tert-alkyl or cyclic N) is 1. The number of likely N-dealkylation sites (tertiary alicyclic amines) is 1. The Morgan fingerprint density at radius 1 is 1.26 bits per heavy atom. The Balaban J connectivity index is 0.00000210. The van der Waals surface area contributed by atoms with E-state index in [1.54, 1.807) is 11.8 Å². The molecule has 4 heterocycles. The molecule has 13 heteroatoms. The summed E-state index contributed by atoms with van der Waals surface area (Å²) in [7, 11) is 1.92. The fourth-order valence-electron chi connectivity index (χ4n) is 4.44. The summed E-state index contributed by atoms with van der Waals surface area (Å²) in [6.07, 6.45) is 5.96. The topological polar surface area (TPSA) is 95.0 Å². The molecule has 2 aliphatic rings. The van der Waals surface area contributed by atoms with Crippen LogP contribution in [0.25, 0.3) is 0 Å². The predicted molar refractivity (Wildman–Crippen MR) is 161 cm³/mol. The Morgan fingerprint density at radius 2 is 2.03 bits per heavy atom. The van der Waals surface area contributed by atoms with E-state index in [0.29, 0.717) is 17.5 Å². The third kappa shape index (κ3) is 8.37. The van der Waals surface area contributed by atoms with Gasteiger partial charge in [-0.25, -0.2) is 9.97 Å². The number of aromatic nitrogens is 2. The van der Waals surface area contributed by atoms with E-state index in [2.05, 4.69) is 20.8 Å². The van der Waals surface area contributed by atoms with Crippen molar-refractivity contribution >= 4 is 58.9 Å². The summed E-state index contributed by atoms with van der Waals surface area (Å²) in [6, 6.07) is 11.8. The summed E-state index contributed by atoms with van der Waals surface area (Å²) < 4.78 is 6.28. The molecule has 1 saturated heterocycles. The first-order chi connectivity index (χ1) is 18.1. The number of aliphatic hydroxyl groups excluding tert-OH is 1. The molecule has 212 valence electrons. The number of anilines is 2. The van der Waals surface area contributed by atoms with E-state index in [-0.39, 0.29) is 36.7 Å². The van der Waals surface area contributed by atoms with Crippen LogP contribution in [0.1, 0.15) is 18.5 Å². The van der Waals surface area contributed by atoms with Crippen LogP contribution in [-0.2, 0) is 4.84 Å². The number of ether oxygens (including phenoxy) is 1. The third-order valence-corrected chi connectivity index (χ3v) is 8.53. The zero-order valence-electron chi connectivity index (χ0n) is 21.8. The van der Waals surface area contributed by atoms with E-state index < -0.39 is 0 Å². The van der Waals surface area contributed by atoms with E-state index in [4.69, 9.17) is 14.6 Å². The molecule has 3 N–H and O–H groups in total. The first-order valence-corrected chi connectivity index (χ1v) is 14.1. The Labute approximate surface area is 249 Å². The highest BCUT2D eigenvalue weighted by Gasteiger charge is 2.33. The molecule has 0 amide bonds. The lowest BCUT2D eigenvalue weighted by atomic mass is 9.92. The lowest BCUT2D eigenvalue weighted by molar-refractivity contribution is 0.0290. The minimum absolute atomic E-state index is 0. The molecule has 1 unspecified atom stereocenters. The molecule has 0 saturated carbocycles. The number of thiazole rings is 1. The number of aryl methyl sites for hydroxylation is 1. The largest absolute Gasteiger partial charge is 0.453 e. The summed E-state index contributed by atoms with van der Waals surface area (Å²) in [5, 5.41) is 17.4. The average Bonchev–Trinajstić information content (AvgIpc) is 3.53. The fourth-order valence-corrected chi connectivity index (χ4v) is 6.40. The lowest BCUT2D eigenvalue weighted by Crippen LogP contribution is -2.39. The number of benzene rings is 1. The molecule has 2 aromatic heterocycles. The van der Waals surface area contributed by atoms with Crippen LogP contribution in [0, 0.1) is 12.8 Å². The van der Waals surface area contributed by atoms with E-state index >= 15 is 0 Å². The van der Waals surface area contributed by atoms with Crippen LogP contribution in [-0.4, -0.2) is 63.5 Å². The third-order valence-electron chi connectivity index (χ3n) is 6.29. The number of piperidine rings is 1. The number of halogens is 2. The normalized spacial score (nSPS) is 16.5. The van der Waals surface area contributed by atoms with Crippen molar-refractivity contribution in [3.8, 4) is 11.5 Å². The maximum atomic E-state index is 9.32. The SMILES string of the molecule is Cc1csc(Nc2ncc(SC(C3=CN(C)NO3)C3CCN(CCO)CC3)cc2Oc2ccccc2)n1.Cl.Cl. The molecular weight excluding hydrogens is 579 g/mol. The van der Waals surface area contributed by atoms with Gasteiger partial charge in [0.15, 0.2) is 22.5 Å². The summed E-state index contributed by atoms with van der Waals surface area (Å²) in [5.74, 6) is 3.32. The summed E-state index contributed by atoms with van der Waals surface area (Å²) in [4.78, 5) is 18.4. The molecule has 0 aliphatic carbocycles. The molecular formula is C26H34Cl2N6O3S2. The van der Waals surface area contributed by atoms with Gasteiger partial charge in [0.25, 0.3) is 0 Å². The Morgan fingerprint density at radius 3 is 2.67 bits per heavy atom. The molecule has 9 nitrogen and oxygen atoms in total. The van der Waals surface area contributed by atoms with Gasteiger partial charge in [-0.15, -0.1) is 47.9 Å². The van der Waals surface area contributed by atoms with Gasteiger partial charge in [0.2, 0.25) is 0 Å². The second-order valence-corrected chi connectivity index (χ2v) is 11.2. The smallest absolute Gasteiger partial charge is 0.188 e. The number of hydrogen-bond acceptors (Lipinski definition) is 11. The van der Waals surface area contributed by atoms with Gasteiger partial charge in [-0.05, 0) is 57.0 Å². The highest BCUT2D eigenvalue weighted by molar-refractivity contribution is 8.00. The van der Waals surface area contributed by atoms with E-state index in [1.165, 1.54) is 11.3 Å². The maximum Gasteiger partial charge on any atom is 0.188 e. The molecule has 1 aromatic carbocycles. The standard InChI is InChI=1S/C26H32N6O3S2.2ClH/c1-18-17-36-26(28-18)29-25-22(34-20-6-4-3-5-7-20)14-21(15-27-25)37-24(23-16-31(2)30-35-23)19-8-10-32(11-9-19)12-13-33;;/h3-7,14-17,19,24,30,33H,8-13H2,1-2H3,(H,27,28,29);2*1H. The summed E-state index contributed by atoms with van der Waals surface area (Å²) in [5.41, 5.74) is 3.87. The summed E-state index contributed by atoms with van der Waals surface area (Å²) >= 11 is 3.28. The lowest BCUT2D eigenvalue weighted by Gasteiger charge is -2.35. The first-order valence-electron chi connectivity index (χ1n) is 12.4. The molecule has 5 rings (SSSR count). The van der Waals surface area contributed by atoms with Crippen molar-refractivity contribution in [1.82, 2.24) is 25.5 Å². The second kappa shape index (κ2) is 14.9. The Hall–Kier alpha value is -2.25. The van der Waals surface area contributed by atoms with Crippen molar-refractivity contribution in [2.24, 2.45) is 5.92 Å². The fraction of sp³-hybridized carbons (Fsp3) is 0.385. The van der Waals surface area contributed by atoms with Gasteiger partial charge in [-0.1, -0.05) is 23.8 Å². The molecule has 0 bridgehead atoms. The van der Waals surface area contributed by atoms with Crippen molar-refractivity contribution in [2.75, 3.05) is 38.6 Å². The van der Waals surface area contributed by atoms with Crippen LogP contribution in [0.5, 0.6) is 11.5 Å². The van der Waals surface area contributed by atoms with Crippen molar-refractivity contribution < 1.29 is 14.7 Å². The molecule has 1 atom stereocenters. The van der Waals surface area contributed by atoms with E-state index in [9.17, 15) is 5.11 Å². The van der Waals surface area contributed by atoms with Gasteiger partial charge in [0.1, 0.15) is 5.75 Å². The van der Waals surface area contributed by atoms with Gasteiger partial charge < -0.3 is 24.9 Å². The van der Waals surface area contributed by atoms with Gasteiger partial charge in [0, 0.05) is 30.1 Å². The monoisotopic (exact) mass is 612 g/mol. The van der Waals surface area contributed by atoms with Crippen molar-refractivity contribution in [3.05, 3.63) is 65.6 Å². The minimum atomic E-state index is 0. The Kier molecular flexibility index (Phi) is 12.0. The van der Waals surface area contributed by atoms with Crippen LogP contribution < -0.4 is 15.6 Å². The van der Waals surface area contributed by atoms with E-state index in [1.807, 2.05) is 73.2 Å². The number of para-hydroxylation sites is 1. The number of rotatable bonds is 10. The number of nitrogens with zero attached hydrogens (tertiary/aromatic N) is 4.